The first-order chi connectivity index (χ1) is 22.9. The van der Waals surface area contributed by atoms with Gasteiger partial charge in [0.05, 0.1) is 51.1 Å². The van der Waals surface area contributed by atoms with Crippen molar-refractivity contribution in [3.63, 3.8) is 0 Å². The number of aromatic nitrogens is 1. The van der Waals surface area contributed by atoms with Crippen molar-refractivity contribution in [1.82, 2.24) is 4.57 Å². The standard InChI is InChI=1S/C34H31Br2N3O8S/c1-6-45-33(41)29-19(4)37-34-38(30(29)22-9-12-26(47-18(2)3)27(16-22)44-5)32(40)28(48-34)15-21-13-24(36)31(25(14-21)39(42)43)46-17-20-7-10-23(35)11-8-20/h7-16,18,30H,6,17H2,1-5H3/b28-15+/t30-/m1/s1. The third-order valence-electron chi connectivity index (χ3n) is 7.22. The largest absolute Gasteiger partial charge is 0.493 e. The Kier molecular flexibility index (Phi) is 10.9. The van der Waals surface area contributed by atoms with Crippen molar-refractivity contribution >= 4 is 60.9 Å². The average Bonchev–Trinajstić information content (AvgIpc) is 3.34. The van der Waals surface area contributed by atoms with Crippen LogP contribution in [-0.4, -0.2) is 35.3 Å². The molecular weight excluding hydrogens is 770 g/mol. The fourth-order valence-corrected chi connectivity index (χ4v) is 7.05. The van der Waals surface area contributed by atoms with Crippen molar-refractivity contribution in [1.29, 1.82) is 0 Å². The summed E-state index contributed by atoms with van der Waals surface area (Å²) in [6.07, 6.45) is 1.45. The van der Waals surface area contributed by atoms with E-state index in [0.29, 0.717) is 37.6 Å². The van der Waals surface area contributed by atoms with Gasteiger partial charge in [-0.2, -0.15) is 0 Å². The Labute approximate surface area is 296 Å². The Morgan fingerprint density at radius 1 is 1.12 bits per heavy atom. The molecule has 1 aliphatic heterocycles. The number of ether oxygens (including phenoxy) is 4. The van der Waals surface area contributed by atoms with Gasteiger partial charge < -0.3 is 18.9 Å². The zero-order chi connectivity index (χ0) is 34.7. The van der Waals surface area contributed by atoms with Gasteiger partial charge in [0, 0.05) is 10.5 Å². The number of halogens is 2. The number of hydrogen-bond donors (Lipinski definition) is 0. The predicted molar refractivity (Wildman–Crippen MR) is 188 cm³/mol. The number of fused-ring (bicyclic) bond motifs is 1. The zero-order valence-corrected chi connectivity index (χ0v) is 30.6. The van der Waals surface area contributed by atoms with E-state index in [2.05, 4.69) is 36.9 Å². The van der Waals surface area contributed by atoms with Gasteiger partial charge in [-0.15, -0.1) is 0 Å². The second-order valence-corrected chi connectivity index (χ2v) is 13.7. The van der Waals surface area contributed by atoms with Gasteiger partial charge in [0.15, 0.2) is 16.3 Å². The minimum absolute atomic E-state index is 0.0649. The van der Waals surface area contributed by atoms with Crippen LogP contribution in [0.2, 0.25) is 0 Å². The summed E-state index contributed by atoms with van der Waals surface area (Å²) in [5.41, 5.74) is 1.71. The molecule has 11 nitrogen and oxygen atoms in total. The van der Waals surface area contributed by atoms with E-state index in [9.17, 15) is 19.7 Å². The molecule has 2 heterocycles. The lowest BCUT2D eigenvalue weighted by molar-refractivity contribution is -0.386. The lowest BCUT2D eigenvalue weighted by atomic mass is 9.95. The second-order valence-electron chi connectivity index (χ2n) is 10.9. The molecule has 250 valence electrons. The molecule has 0 amide bonds. The summed E-state index contributed by atoms with van der Waals surface area (Å²) in [6.45, 7) is 7.43. The van der Waals surface area contributed by atoms with Crippen LogP contribution >= 0.6 is 43.2 Å². The number of carbonyl (C=O) groups is 1. The third kappa shape index (κ3) is 7.40. The Hall–Kier alpha value is -4.27. The number of allylic oxidation sites excluding steroid dienone is 1. The smallest absolute Gasteiger partial charge is 0.338 e. The first-order valence-corrected chi connectivity index (χ1v) is 17.2. The van der Waals surface area contributed by atoms with Gasteiger partial charge in [-0.1, -0.05) is 45.5 Å². The summed E-state index contributed by atoms with van der Waals surface area (Å²) in [5.74, 6) is 0.409. The molecule has 0 saturated heterocycles. The molecule has 0 bridgehead atoms. The summed E-state index contributed by atoms with van der Waals surface area (Å²) >= 11 is 7.92. The Balaban J connectivity index is 1.61. The van der Waals surface area contributed by atoms with E-state index in [4.69, 9.17) is 18.9 Å². The molecule has 0 fully saturated rings. The topological polar surface area (TPSA) is 131 Å². The predicted octanol–water partition coefficient (Wildman–Crippen LogP) is 6.61. The quantitative estimate of drug-likeness (QED) is 0.0942. The lowest BCUT2D eigenvalue weighted by Gasteiger charge is -2.25. The number of hydrogen-bond acceptors (Lipinski definition) is 10. The van der Waals surface area contributed by atoms with Gasteiger partial charge in [-0.25, -0.2) is 9.79 Å². The summed E-state index contributed by atoms with van der Waals surface area (Å²) < 4.78 is 25.7. The summed E-state index contributed by atoms with van der Waals surface area (Å²) in [5, 5.41) is 12.1. The maximum atomic E-state index is 14.1. The van der Waals surface area contributed by atoms with Crippen LogP contribution in [0.3, 0.4) is 0 Å². The van der Waals surface area contributed by atoms with Crippen LogP contribution < -0.4 is 29.1 Å². The molecule has 5 rings (SSSR count). The van der Waals surface area contributed by atoms with Crippen LogP contribution in [0.1, 0.15) is 50.4 Å². The number of nitro groups is 1. The highest BCUT2D eigenvalue weighted by molar-refractivity contribution is 9.10. The van der Waals surface area contributed by atoms with E-state index in [1.165, 1.54) is 17.7 Å². The van der Waals surface area contributed by atoms with Crippen molar-refractivity contribution < 1.29 is 28.7 Å². The maximum Gasteiger partial charge on any atom is 0.338 e. The van der Waals surface area contributed by atoms with E-state index >= 15 is 0 Å². The number of nitro benzene ring substituents is 1. The highest BCUT2D eigenvalue weighted by Crippen LogP contribution is 2.38. The molecule has 1 aromatic heterocycles. The Morgan fingerprint density at radius 2 is 1.85 bits per heavy atom. The number of benzene rings is 3. The van der Waals surface area contributed by atoms with Crippen molar-refractivity contribution in [2.24, 2.45) is 4.99 Å². The number of methoxy groups -OCH3 is 1. The number of rotatable bonds is 11. The average molecular weight is 802 g/mol. The lowest BCUT2D eigenvalue weighted by Crippen LogP contribution is -2.40. The molecule has 4 aromatic rings. The van der Waals surface area contributed by atoms with Crippen LogP contribution in [0.4, 0.5) is 5.69 Å². The van der Waals surface area contributed by atoms with E-state index in [-0.39, 0.29) is 40.9 Å². The van der Waals surface area contributed by atoms with Crippen LogP contribution in [0.15, 0.2) is 84.6 Å². The molecule has 0 saturated carbocycles. The molecule has 0 spiro atoms. The zero-order valence-electron chi connectivity index (χ0n) is 26.6. The summed E-state index contributed by atoms with van der Waals surface area (Å²) in [4.78, 5) is 44.0. The van der Waals surface area contributed by atoms with E-state index in [0.717, 1.165) is 21.4 Å². The maximum absolute atomic E-state index is 14.1. The minimum Gasteiger partial charge on any atom is -0.493 e. The van der Waals surface area contributed by atoms with Gasteiger partial charge in [-0.05, 0) is 96.7 Å². The fourth-order valence-electron chi connectivity index (χ4n) is 5.16. The normalized spacial score (nSPS) is 14.4. The molecule has 0 N–H and O–H groups in total. The van der Waals surface area contributed by atoms with E-state index in [1.54, 1.807) is 44.2 Å². The molecule has 14 heteroatoms. The van der Waals surface area contributed by atoms with Crippen molar-refractivity contribution in [2.75, 3.05) is 13.7 Å². The van der Waals surface area contributed by atoms with Gasteiger partial charge in [0.1, 0.15) is 6.61 Å². The van der Waals surface area contributed by atoms with Crippen molar-refractivity contribution in [3.8, 4) is 17.2 Å². The summed E-state index contributed by atoms with van der Waals surface area (Å²) in [6, 6.07) is 14.8. The first kappa shape index (κ1) is 35.0. The third-order valence-corrected chi connectivity index (χ3v) is 9.32. The van der Waals surface area contributed by atoms with E-state index < -0.39 is 22.5 Å². The molecule has 0 radical (unpaired) electrons. The molecule has 0 aliphatic carbocycles. The van der Waals surface area contributed by atoms with Gasteiger partial charge in [-0.3, -0.25) is 19.5 Å². The fraction of sp³-hybridized carbons (Fsp3) is 0.265. The molecule has 0 unspecified atom stereocenters. The van der Waals surface area contributed by atoms with E-state index in [1.807, 2.05) is 38.1 Å². The highest BCUT2D eigenvalue weighted by Gasteiger charge is 2.34. The van der Waals surface area contributed by atoms with Crippen molar-refractivity contribution in [2.45, 2.75) is 46.4 Å². The Morgan fingerprint density at radius 3 is 2.50 bits per heavy atom. The van der Waals surface area contributed by atoms with Gasteiger partial charge in [0.25, 0.3) is 5.56 Å². The van der Waals surface area contributed by atoms with Crippen LogP contribution in [0.5, 0.6) is 17.2 Å². The number of nitrogens with zero attached hydrogens (tertiary/aromatic N) is 3. The molecule has 3 aromatic carbocycles. The number of thiazole rings is 1. The number of carbonyl (C=O) groups excluding carboxylic acids is 1. The monoisotopic (exact) mass is 799 g/mol. The molecule has 48 heavy (non-hydrogen) atoms. The van der Waals surface area contributed by atoms with Gasteiger partial charge >= 0.3 is 11.7 Å². The summed E-state index contributed by atoms with van der Waals surface area (Å²) in [7, 11) is 1.51. The Bertz CT molecular complexity index is 2110. The minimum atomic E-state index is -0.889. The number of esters is 1. The molecule has 1 aliphatic rings. The second kappa shape index (κ2) is 14.9. The molecule has 1 atom stereocenters. The van der Waals surface area contributed by atoms with Gasteiger partial charge in [0.2, 0.25) is 5.75 Å². The molecular formula is C34H31Br2N3O8S. The van der Waals surface area contributed by atoms with Crippen molar-refractivity contribution in [3.05, 3.63) is 121 Å². The van der Waals surface area contributed by atoms with Crippen LogP contribution in [0.25, 0.3) is 6.08 Å². The highest BCUT2D eigenvalue weighted by atomic mass is 79.9. The van der Waals surface area contributed by atoms with Crippen LogP contribution in [0, 0.1) is 10.1 Å². The SMILES string of the molecule is CCOC(=O)C1=C(C)N=c2s/c(=C/c3cc(Br)c(OCc4ccc(Br)cc4)c([N+](=O)[O-])c3)c(=O)n2[C@@H]1c1ccc(OC(C)C)c(OC)c1. The van der Waals surface area contributed by atoms with Crippen LogP contribution in [-0.2, 0) is 16.1 Å². The first-order valence-electron chi connectivity index (χ1n) is 14.8.